The highest BCUT2D eigenvalue weighted by Gasteiger charge is 2.17. The molecule has 0 aromatic heterocycles. The van der Waals surface area contributed by atoms with Gasteiger partial charge in [-0.2, -0.15) is 0 Å². The summed E-state index contributed by atoms with van der Waals surface area (Å²) in [5.41, 5.74) is 2.09. The monoisotopic (exact) mass is 221 g/mol. The molecule has 0 amide bonds. The quantitative estimate of drug-likeness (QED) is 0.820. The minimum absolute atomic E-state index is 0.344. The summed E-state index contributed by atoms with van der Waals surface area (Å²) in [5, 5.41) is 13.3. The van der Waals surface area contributed by atoms with Crippen molar-refractivity contribution in [1.82, 2.24) is 5.32 Å². The van der Waals surface area contributed by atoms with Gasteiger partial charge in [0.15, 0.2) is 0 Å². The molecule has 1 aromatic carbocycles. The molecule has 2 N–H and O–H groups in total. The van der Waals surface area contributed by atoms with E-state index in [4.69, 9.17) is 4.74 Å². The van der Waals surface area contributed by atoms with Crippen LogP contribution in [0, 0.1) is 6.92 Å². The number of hydrogen-bond acceptors (Lipinski definition) is 3. The number of rotatable bonds is 3. The number of phenolic OH excluding ortho intramolecular Hbond substituents is 1. The van der Waals surface area contributed by atoms with Gasteiger partial charge in [0, 0.05) is 12.1 Å². The molecule has 0 spiro atoms. The van der Waals surface area contributed by atoms with E-state index in [-0.39, 0.29) is 0 Å². The van der Waals surface area contributed by atoms with Gasteiger partial charge in [-0.05, 0) is 49.9 Å². The van der Waals surface area contributed by atoms with Crippen LogP contribution in [-0.2, 0) is 6.42 Å². The molecular formula is C13H19NO2. The van der Waals surface area contributed by atoms with Crippen LogP contribution < -0.4 is 10.1 Å². The zero-order chi connectivity index (χ0) is 11.5. The van der Waals surface area contributed by atoms with Crippen molar-refractivity contribution in [2.45, 2.75) is 32.2 Å². The van der Waals surface area contributed by atoms with Crippen LogP contribution in [0.1, 0.15) is 24.0 Å². The molecule has 88 valence electrons. The molecule has 1 heterocycles. The Balaban J connectivity index is 2.17. The van der Waals surface area contributed by atoms with E-state index in [1.807, 2.05) is 13.0 Å². The average molecular weight is 221 g/mol. The van der Waals surface area contributed by atoms with Crippen LogP contribution in [0.2, 0.25) is 0 Å². The van der Waals surface area contributed by atoms with E-state index in [0.29, 0.717) is 11.8 Å². The summed E-state index contributed by atoms with van der Waals surface area (Å²) in [7, 11) is 1.62. The maximum atomic E-state index is 9.90. The zero-order valence-electron chi connectivity index (χ0n) is 9.92. The van der Waals surface area contributed by atoms with E-state index in [1.54, 1.807) is 13.2 Å². The molecule has 3 heteroatoms. The number of benzene rings is 1. The molecular weight excluding hydrogens is 202 g/mol. The lowest BCUT2D eigenvalue weighted by atomic mass is 10.0. The third kappa shape index (κ3) is 2.30. The van der Waals surface area contributed by atoms with Crippen molar-refractivity contribution in [3.63, 3.8) is 0 Å². The Morgan fingerprint density at radius 2 is 2.31 bits per heavy atom. The van der Waals surface area contributed by atoms with Crippen molar-refractivity contribution in [1.29, 1.82) is 0 Å². The number of methoxy groups -OCH3 is 1. The van der Waals surface area contributed by atoms with Gasteiger partial charge in [0.2, 0.25) is 0 Å². The Bertz CT molecular complexity index is 370. The largest absolute Gasteiger partial charge is 0.508 e. The van der Waals surface area contributed by atoms with E-state index in [2.05, 4.69) is 5.32 Å². The first-order valence-corrected chi connectivity index (χ1v) is 5.80. The fourth-order valence-corrected chi connectivity index (χ4v) is 2.32. The molecule has 1 aliphatic rings. The predicted octanol–water partition coefficient (Wildman–Crippen LogP) is 2.00. The summed E-state index contributed by atoms with van der Waals surface area (Å²) in [5.74, 6) is 1.09. The van der Waals surface area contributed by atoms with E-state index in [1.165, 1.54) is 12.8 Å². The van der Waals surface area contributed by atoms with Crippen molar-refractivity contribution >= 4 is 0 Å². The Morgan fingerprint density at radius 3 is 2.94 bits per heavy atom. The number of phenols is 1. The van der Waals surface area contributed by atoms with Gasteiger partial charge >= 0.3 is 0 Å². The summed E-state index contributed by atoms with van der Waals surface area (Å²) in [6, 6.07) is 4.24. The van der Waals surface area contributed by atoms with Crippen LogP contribution in [0.15, 0.2) is 12.1 Å². The number of aryl methyl sites for hydroxylation is 1. The fraction of sp³-hybridized carbons (Fsp3) is 0.538. The molecule has 1 fully saturated rings. The molecule has 1 saturated heterocycles. The second-order valence-electron chi connectivity index (χ2n) is 4.45. The lowest BCUT2D eigenvalue weighted by Gasteiger charge is -2.14. The van der Waals surface area contributed by atoms with Crippen LogP contribution in [0.25, 0.3) is 0 Å². The smallest absolute Gasteiger partial charge is 0.125 e. The van der Waals surface area contributed by atoms with Gasteiger partial charge in [-0.1, -0.05) is 0 Å². The van der Waals surface area contributed by atoms with Crippen molar-refractivity contribution in [2.75, 3.05) is 13.7 Å². The van der Waals surface area contributed by atoms with Gasteiger partial charge in [-0.15, -0.1) is 0 Å². The van der Waals surface area contributed by atoms with Crippen LogP contribution in [0.4, 0.5) is 0 Å². The summed E-state index contributed by atoms with van der Waals surface area (Å²) >= 11 is 0. The summed E-state index contributed by atoms with van der Waals surface area (Å²) in [6.07, 6.45) is 3.34. The molecule has 1 atom stereocenters. The molecule has 1 aliphatic heterocycles. The average Bonchev–Trinajstić information content (AvgIpc) is 2.75. The van der Waals surface area contributed by atoms with Gasteiger partial charge in [-0.3, -0.25) is 0 Å². The van der Waals surface area contributed by atoms with Crippen molar-refractivity contribution < 1.29 is 9.84 Å². The molecule has 1 unspecified atom stereocenters. The molecule has 0 saturated carbocycles. The lowest BCUT2D eigenvalue weighted by Crippen LogP contribution is -2.23. The first kappa shape index (κ1) is 11.3. The van der Waals surface area contributed by atoms with Gasteiger partial charge < -0.3 is 15.2 Å². The highest BCUT2D eigenvalue weighted by Crippen LogP contribution is 2.29. The SMILES string of the molecule is COc1cc(O)c(CC2CCCN2)cc1C. The molecule has 16 heavy (non-hydrogen) atoms. The second-order valence-corrected chi connectivity index (χ2v) is 4.45. The number of ether oxygens (including phenoxy) is 1. The van der Waals surface area contributed by atoms with Crippen molar-refractivity contribution in [2.24, 2.45) is 0 Å². The first-order chi connectivity index (χ1) is 7.70. The topological polar surface area (TPSA) is 41.5 Å². The van der Waals surface area contributed by atoms with E-state index >= 15 is 0 Å². The Labute approximate surface area is 96.4 Å². The normalized spacial score (nSPS) is 20.0. The Hall–Kier alpha value is -1.22. The predicted molar refractivity (Wildman–Crippen MR) is 64.1 cm³/mol. The van der Waals surface area contributed by atoms with Crippen LogP contribution in [0.5, 0.6) is 11.5 Å². The summed E-state index contributed by atoms with van der Waals surface area (Å²) in [6.45, 7) is 3.10. The summed E-state index contributed by atoms with van der Waals surface area (Å²) < 4.78 is 5.18. The summed E-state index contributed by atoms with van der Waals surface area (Å²) in [4.78, 5) is 0. The molecule has 1 aromatic rings. The third-order valence-electron chi connectivity index (χ3n) is 3.22. The standard InChI is InChI=1S/C13H19NO2/c1-9-6-10(7-11-4-3-5-14-11)12(15)8-13(9)16-2/h6,8,11,14-15H,3-5,7H2,1-2H3. The van der Waals surface area contributed by atoms with Crippen LogP contribution in [0.3, 0.4) is 0 Å². The van der Waals surface area contributed by atoms with E-state index in [0.717, 1.165) is 29.8 Å². The zero-order valence-corrected chi connectivity index (χ0v) is 9.92. The van der Waals surface area contributed by atoms with Crippen LogP contribution >= 0.6 is 0 Å². The third-order valence-corrected chi connectivity index (χ3v) is 3.22. The molecule has 2 rings (SSSR count). The first-order valence-electron chi connectivity index (χ1n) is 5.80. The van der Waals surface area contributed by atoms with Crippen molar-refractivity contribution in [3.05, 3.63) is 23.3 Å². The maximum absolute atomic E-state index is 9.90. The van der Waals surface area contributed by atoms with Gasteiger partial charge in [0.25, 0.3) is 0 Å². The Kier molecular flexibility index (Phi) is 3.34. The second kappa shape index (κ2) is 4.74. The molecule has 3 nitrogen and oxygen atoms in total. The fourth-order valence-electron chi connectivity index (χ4n) is 2.32. The minimum atomic E-state index is 0.344. The molecule has 0 aliphatic carbocycles. The number of hydrogen-bond donors (Lipinski definition) is 2. The van der Waals surface area contributed by atoms with E-state index < -0.39 is 0 Å². The Morgan fingerprint density at radius 1 is 1.50 bits per heavy atom. The maximum Gasteiger partial charge on any atom is 0.125 e. The lowest BCUT2D eigenvalue weighted by molar-refractivity contribution is 0.402. The highest BCUT2D eigenvalue weighted by molar-refractivity contribution is 5.45. The van der Waals surface area contributed by atoms with Crippen molar-refractivity contribution in [3.8, 4) is 11.5 Å². The van der Waals surface area contributed by atoms with Gasteiger partial charge in [0.1, 0.15) is 11.5 Å². The van der Waals surface area contributed by atoms with Crippen LogP contribution in [-0.4, -0.2) is 24.8 Å². The minimum Gasteiger partial charge on any atom is -0.508 e. The van der Waals surface area contributed by atoms with E-state index in [9.17, 15) is 5.11 Å². The number of nitrogens with one attached hydrogen (secondary N) is 1. The number of aromatic hydroxyl groups is 1. The molecule has 0 bridgehead atoms. The highest BCUT2D eigenvalue weighted by atomic mass is 16.5. The van der Waals surface area contributed by atoms with Gasteiger partial charge in [-0.25, -0.2) is 0 Å². The molecule has 0 radical (unpaired) electrons. The van der Waals surface area contributed by atoms with Gasteiger partial charge in [0.05, 0.1) is 7.11 Å².